The second-order valence-electron chi connectivity index (χ2n) is 4.00. The van der Waals surface area contributed by atoms with Gasteiger partial charge in [-0.2, -0.15) is 0 Å². The lowest BCUT2D eigenvalue weighted by atomic mass is 9.93. The van der Waals surface area contributed by atoms with Gasteiger partial charge in [-0.15, -0.1) is 0 Å². The molecule has 0 bridgehead atoms. The number of aliphatic hydroxyl groups is 1. The third-order valence-electron chi connectivity index (χ3n) is 2.71. The zero-order valence-electron chi connectivity index (χ0n) is 9.68. The minimum absolute atomic E-state index is 0.0240. The van der Waals surface area contributed by atoms with Gasteiger partial charge in [0.05, 0.1) is 17.0 Å². The van der Waals surface area contributed by atoms with Crippen LogP contribution in [-0.4, -0.2) is 21.6 Å². The van der Waals surface area contributed by atoms with E-state index in [2.05, 4.69) is 9.98 Å². The number of Topliss-reactive ketones (excluding diaryl/α,β-unsaturated/α-hetero) is 1. The maximum absolute atomic E-state index is 11.7. The van der Waals surface area contributed by atoms with E-state index < -0.39 is 0 Å². The highest BCUT2D eigenvalue weighted by molar-refractivity contribution is 6.22. The van der Waals surface area contributed by atoms with Crippen LogP contribution in [0.25, 0.3) is 0 Å². The first-order valence-corrected chi connectivity index (χ1v) is 5.59. The summed E-state index contributed by atoms with van der Waals surface area (Å²) >= 11 is 0. The Morgan fingerprint density at radius 3 is 2.71 bits per heavy atom. The Morgan fingerprint density at radius 2 is 2.06 bits per heavy atom. The molecule has 1 aromatic heterocycles. The van der Waals surface area contributed by atoms with E-state index in [0.29, 0.717) is 24.1 Å². The Labute approximate surface area is 99.7 Å². The molecule has 0 amide bonds. The lowest BCUT2D eigenvalue weighted by Gasteiger charge is -2.14. The Bertz CT molecular complexity index is 489. The summed E-state index contributed by atoms with van der Waals surface area (Å²) < 4.78 is 0. The summed E-state index contributed by atoms with van der Waals surface area (Å²) in [6, 6.07) is 3.52. The molecule has 1 aromatic rings. The maximum Gasteiger partial charge on any atom is 0.168 e. The predicted molar refractivity (Wildman–Crippen MR) is 65.5 cm³/mol. The van der Waals surface area contributed by atoms with E-state index in [1.165, 1.54) is 0 Å². The molecule has 0 unspecified atom stereocenters. The first-order chi connectivity index (χ1) is 8.18. The molecule has 2 rings (SSSR count). The summed E-state index contributed by atoms with van der Waals surface area (Å²) in [5.41, 5.74) is 1.68. The molecule has 0 saturated heterocycles. The average Bonchev–Trinajstić information content (AvgIpc) is 2.30. The molecular formula is C13H14N2O2. The molecular weight excluding hydrogens is 216 g/mol. The van der Waals surface area contributed by atoms with Crippen LogP contribution in [0, 0.1) is 0 Å². The zero-order valence-corrected chi connectivity index (χ0v) is 9.68. The van der Waals surface area contributed by atoms with Gasteiger partial charge in [0.2, 0.25) is 0 Å². The minimum atomic E-state index is -0.0240. The summed E-state index contributed by atoms with van der Waals surface area (Å²) in [7, 11) is 0. The number of allylic oxidation sites excluding steroid dienone is 2. The summed E-state index contributed by atoms with van der Waals surface area (Å²) in [4.78, 5) is 19.9. The average molecular weight is 230 g/mol. The summed E-state index contributed by atoms with van der Waals surface area (Å²) in [6.45, 7) is 1.75. The molecule has 1 aliphatic rings. The van der Waals surface area contributed by atoms with E-state index in [-0.39, 0.29) is 11.5 Å². The number of carbonyl (C=O) groups excluding carboxylic acids is 1. The van der Waals surface area contributed by atoms with Gasteiger partial charge in [0, 0.05) is 25.2 Å². The molecule has 1 N–H and O–H groups in total. The molecule has 0 atom stereocenters. The first-order valence-electron chi connectivity index (χ1n) is 5.59. The number of nitrogens with zero attached hydrogens (tertiary/aromatic N) is 2. The highest BCUT2D eigenvalue weighted by Crippen LogP contribution is 2.22. The molecule has 0 aromatic carbocycles. The SMILES string of the molecule is CC(=Nc1ccncc1)C1=C(O)CCCC1=O. The molecule has 1 aliphatic carbocycles. The quantitative estimate of drug-likeness (QED) is 0.794. The van der Waals surface area contributed by atoms with Crippen LogP contribution in [0.1, 0.15) is 26.2 Å². The lowest BCUT2D eigenvalue weighted by Crippen LogP contribution is -2.17. The highest BCUT2D eigenvalue weighted by Gasteiger charge is 2.22. The molecule has 0 radical (unpaired) electrons. The Morgan fingerprint density at radius 1 is 1.35 bits per heavy atom. The second kappa shape index (κ2) is 4.91. The van der Waals surface area contributed by atoms with Crippen LogP contribution in [0.3, 0.4) is 0 Å². The normalized spacial score (nSPS) is 17.5. The fourth-order valence-corrected chi connectivity index (χ4v) is 1.91. The van der Waals surface area contributed by atoms with E-state index in [0.717, 1.165) is 12.1 Å². The van der Waals surface area contributed by atoms with Crippen LogP contribution in [-0.2, 0) is 4.79 Å². The van der Waals surface area contributed by atoms with Crippen LogP contribution >= 0.6 is 0 Å². The van der Waals surface area contributed by atoms with Gasteiger partial charge in [-0.3, -0.25) is 14.8 Å². The molecule has 4 nitrogen and oxygen atoms in total. The van der Waals surface area contributed by atoms with Gasteiger partial charge in [0.25, 0.3) is 0 Å². The second-order valence-corrected chi connectivity index (χ2v) is 4.00. The van der Waals surface area contributed by atoms with Gasteiger partial charge in [0.1, 0.15) is 5.76 Å². The standard InChI is InChI=1S/C13H14N2O2/c1-9(15-10-5-7-14-8-6-10)13-11(16)3-2-4-12(13)17/h5-8,16H,2-4H2,1H3. The number of aliphatic imine (C=N–C) groups is 1. The molecule has 0 saturated carbocycles. The summed E-state index contributed by atoms with van der Waals surface area (Å²) in [5, 5.41) is 9.75. The van der Waals surface area contributed by atoms with Crippen molar-refractivity contribution < 1.29 is 9.90 Å². The van der Waals surface area contributed by atoms with Crippen molar-refractivity contribution >= 4 is 17.2 Å². The molecule has 1 heterocycles. The van der Waals surface area contributed by atoms with Crippen molar-refractivity contribution in [3.05, 3.63) is 35.9 Å². The zero-order chi connectivity index (χ0) is 12.3. The van der Waals surface area contributed by atoms with E-state index in [4.69, 9.17) is 0 Å². The number of hydrogen-bond donors (Lipinski definition) is 1. The molecule has 0 fully saturated rings. The lowest BCUT2D eigenvalue weighted by molar-refractivity contribution is -0.115. The van der Waals surface area contributed by atoms with Gasteiger partial charge in [-0.1, -0.05) is 0 Å². The number of hydrogen-bond acceptors (Lipinski definition) is 4. The minimum Gasteiger partial charge on any atom is -0.511 e. The van der Waals surface area contributed by atoms with Crippen molar-refractivity contribution in [2.24, 2.45) is 4.99 Å². The Balaban J connectivity index is 2.34. The molecule has 4 heteroatoms. The van der Waals surface area contributed by atoms with Gasteiger partial charge >= 0.3 is 0 Å². The van der Waals surface area contributed by atoms with E-state index in [1.54, 1.807) is 31.5 Å². The van der Waals surface area contributed by atoms with Gasteiger partial charge in [-0.05, 0) is 25.5 Å². The number of aliphatic hydroxyl groups excluding tert-OH is 1. The summed E-state index contributed by atoms with van der Waals surface area (Å²) in [5.74, 6) is 0.139. The first kappa shape index (κ1) is 11.5. The van der Waals surface area contributed by atoms with Crippen LogP contribution in [0.15, 0.2) is 40.9 Å². The third-order valence-corrected chi connectivity index (χ3v) is 2.71. The molecule has 0 spiro atoms. The largest absolute Gasteiger partial charge is 0.511 e. The number of pyridine rings is 1. The topological polar surface area (TPSA) is 62.6 Å². The van der Waals surface area contributed by atoms with Crippen LogP contribution < -0.4 is 0 Å². The smallest absolute Gasteiger partial charge is 0.168 e. The maximum atomic E-state index is 11.7. The summed E-state index contributed by atoms with van der Waals surface area (Å²) in [6.07, 6.45) is 5.05. The molecule has 88 valence electrons. The van der Waals surface area contributed by atoms with E-state index in [9.17, 15) is 9.90 Å². The van der Waals surface area contributed by atoms with Crippen molar-refractivity contribution in [1.29, 1.82) is 0 Å². The van der Waals surface area contributed by atoms with Crippen LogP contribution in [0.2, 0.25) is 0 Å². The molecule has 17 heavy (non-hydrogen) atoms. The molecule has 0 aliphatic heterocycles. The predicted octanol–water partition coefficient (Wildman–Crippen LogP) is 2.74. The Kier molecular flexibility index (Phi) is 3.32. The highest BCUT2D eigenvalue weighted by atomic mass is 16.3. The monoisotopic (exact) mass is 230 g/mol. The van der Waals surface area contributed by atoms with Crippen LogP contribution in [0.5, 0.6) is 0 Å². The van der Waals surface area contributed by atoms with Crippen molar-refractivity contribution in [1.82, 2.24) is 4.98 Å². The Hall–Kier alpha value is -1.97. The van der Waals surface area contributed by atoms with Gasteiger partial charge < -0.3 is 5.11 Å². The fraction of sp³-hybridized carbons (Fsp3) is 0.308. The van der Waals surface area contributed by atoms with Gasteiger partial charge in [-0.25, -0.2) is 0 Å². The number of carbonyl (C=O) groups is 1. The van der Waals surface area contributed by atoms with Crippen molar-refractivity contribution in [2.75, 3.05) is 0 Å². The van der Waals surface area contributed by atoms with Crippen molar-refractivity contribution in [3.63, 3.8) is 0 Å². The van der Waals surface area contributed by atoms with E-state index >= 15 is 0 Å². The number of ketones is 1. The third kappa shape index (κ3) is 2.58. The van der Waals surface area contributed by atoms with Gasteiger partial charge in [0.15, 0.2) is 5.78 Å². The van der Waals surface area contributed by atoms with E-state index in [1.807, 2.05) is 0 Å². The fourth-order valence-electron chi connectivity index (χ4n) is 1.91. The van der Waals surface area contributed by atoms with Crippen molar-refractivity contribution in [2.45, 2.75) is 26.2 Å². The number of aromatic nitrogens is 1. The van der Waals surface area contributed by atoms with Crippen molar-refractivity contribution in [3.8, 4) is 0 Å². The van der Waals surface area contributed by atoms with Crippen LogP contribution in [0.4, 0.5) is 5.69 Å². The number of rotatable bonds is 2.